The molecule has 0 atom stereocenters. The molecule has 1 aliphatic rings. The summed E-state index contributed by atoms with van der Waals surface area (Å²) in [6.07, 6.45) is 8.05. The number of carbonyl (C=O) groups is 2. The van der Waals surface area contributed by atoms with Crippen molar-refractivity contribution in [2.45, 2.75) is 52.9 Å². The Bertz CT molecular complexity index is 614. The van der Waals surface area contributed by atoms with Gasteiger partial charge in [-0.05, 0) is 69.2 Å². The van der Waals surface area contributed by atoms with E-state index in [9.17, 15) is 9.59 Å². The molecule has 0 unspecified atom stereocenters. The summed E-state index contributed by atoms with van der Waals surface area (Å²) in [6.45, 7) is 6.19. The van der Waals surface area contributed by atoms with Crippen LogP contribution in [-0.4, -0.2) is 24.9 Å². The van der Waals surface area contributed by atoms with Crippen LogP contribution in [-0.2, 0) is 9.59 Å². The highest BCUT2D eigenvalue weighted by atomic mass is 16.2. The molecule has 24 heavy (non-hydrogen) atoms. The Balaban J connectivity index is 1.91. The van der Waals surface area contributed by atoms with Crippen LogP contribution < -0.4 is 10.2 Å². The minimum absolute atomic E-state index is 0.0667. The van der Waals surface area contributed by atoms with Crippen molar-refractivity contribution in [3.63, 3.8) is 0 Å². The molecular weight excluding hydrogens is 300 g/mol. The molecule has 0 fully saturated rings. The molecule has 0 bridgehead atoms. The third-order valence-electron chi connectivity index (χ3n) is 4.35. The molecule has 1 aromatic carbocycles. The number of nitrogens with zero attached hydrogens (tertiary/aromatic N) is 1. The molecule has 0 heterocycles. The van der Waals surface area contributed by atoms with Crippen molar-refractivity contribution >= 4 is 17.5 Å². The van der Waals surface area contributed by atoms with Crippen LogP contribution in [0.15, 0.2) is 29.8 Å². The van der Waals surface area contributed by atoms with Crippen molar-refractivity contribution in [1.29, 1.82) is 0 Å². The lowest BCUT2D eigenvalue weighted by molar-refractivity contribution is -0.123. The van der Waals surface area contributed by atoms with Crippen LogP contribution in [0, 0.1) is 13.8 Å². The van der Waals surface area contributed by atoms with Crippen molar-refractivity contribution in [3.05, 3.63) is 41.0 Å². The summed E-state index contributed by atoms with van der Waals surface area (Å²) < 4.78 is 0. The van der Waals surface area contributed by atoms with Gasteiger partial charge in [-0.15, -0.1) is 0 Å². The van der Waals surface area contributed by atoms with Crippen molar-refractivity contribution in [1.82, 2.24) is 5.32 Å². The molecule has 0 radical (unpaired) electrons. The van der Waals surface area contributed by atoms with E-state index in [1.807, 2.05) is 26.0 Å². The molecule has 0 aromatic heterocycles. The minimum atomic E-state index is -0.120. The van der Waals surface area contributed by atoms with Crippen LogP contribution in [0.5, 0.6) is 0 Å². The maximum atomic E-state index is 12.2. The number of benzene rings is 1. The van der Waals surface area contributed by atoms with Gasteiger partial charge in [-0.25, -0.2) is 0 Å². The molecule has 4 heteroatoms. The van der Waals surface area contributed by atoms with Gasteiger partial charge in [0.1, 0.15) is 6.54 Å². The Morgan fingerprint density at radius 3 is 2.42 bits per heavy atom. The van der Waals surface area contributed by atoms with Gasteiger partial charge in [0.2, 0.25) is 11.8 Å². The summed E-state index contributed by atoms with van der Waals surface area (Å²) in [5.41, 5.74) is 4.39. The average molecular weight is 328 g/mol. The van der Waals surface area contributed by atoms with Crippen LogP contribution in [0.4, 0.5) is 5.69 Å². The van der Waals surface area contributed by atoms with Gasteiger partial charge in [-0.3, -0.25) is 9.59 Å². The predicted octanol–water partition coefficient (Wildman–Crippen LogP) is 3.66. The number of amides is 2. The maximum absolute atomic E-state index is 12.2. The van der Waals surface area contributed by atoms with E-state index in [-0.39, 0.29) is 18.4 Å². The Kier molecular flexibility index (Phi) is 6.59. The second-order valence-electron chi connectivity index (χ2n) is 6.66. The number of hydrogen-bond donors (Lipinski definition) is 1. The molecule has 0 saturated heterocycles. The van der Waals surface area contributed by atoms with Gasteiger partial charge in [-0.2, -0.15) is 0 Å². The molecule has 1 N–H and O–H groups in total. The monoisotopic (exact) mass is 328 g/mol. The first-order valence-corrected chi connectivity index (χ1v) is 8.76. The zero-order valence-electron chi connectivity index (χ0n) is 15.0. The van der Waals surface area contributed by atoms with Gasteiger partial charge in [0, 0.05) is 19.2 Å². The van der Waals surface area contributed by atoms with E-state index in [1.165, 1.54) is 30.2 Å². The highest BCUT2D eigenvalue weighted by Gasteiger charge is 2.16. The lowest BCUT2D eigenvalue weighted by Gasteiger charge is -2.22. The largest absolute Gasteiger partial charge is 0.354 e. The second kappa shape index (κ2) is 8.67. The van der Waals surface area contributed by atoms with Crippen molar-refractivity contribution in [2.75, 3.05) is 18.0 Å². The topological polar surface area (TPSA) is 49.4 Å². The lowest BCUT2D eigenvalue weighted by atomic mass is 9.97. The first kappa shape index (κ1) is 18.2. The van der Waals surface area contributed by atoms with Gasteiger partial charge < -0.3 is 10.2 Å². The number of carbonyl (C=O) groups excluding carboxylic acids is 2. The van der Waals surface area contributed by atoms with Crippen LogP contribution in [0.3, 0.4) is 0 Å². The first-order chi connectivity index (χ1) is 11.5. The molecule has 2 amide bonds. The summed E-state index contributed by atoms with van der Waals surface area (Å²) in [5, 5.41) is 2.94. The fraction of sp³-hybridized carbons (Fsp3) is 0.500. The van der Waals surface area contributed by atoms with Gasteiger partial charge in [0.15, 0.2) is 0 Å². The molecule has 130 valence electrons. The zero-order chi connectivity index (χ0) is 17.5. The number of aryl methyl sites for hydroxylation is 2. The van der Waals surface area contributed by atoms with E-state index in [2.05, 4.69) is 17.5 Å². The normalized spacial score (nSPS) is 14.0. The highest BCUT2D eigenvalue weighted by molar-refractivity contribution is 5.97. The summed E-state index contributed by atoms with van der Waals surface area (Å²) in [7, 11) is 0. The quantitative estimate of drug-likeness (QED) is 0.810. The van der Waals surface area contributed by atoms with Crippen LogP contribution >= 0.6 is 0 Å². The number of rotatable bonds is 6. The van der Waals surface area contributed by atoms with E-state index in [4.69, 9.17) is 0 Å². The Labute approximate surface area is 144 Å². The number of allylic oxidation sites excluding steroid dienone is 1. The fourth-order valence-corrected chi connectivity index (χ4v) is 3.18. The Morgan fingerprint density at radius 2 is 1.83 bits per heavy atom. The van der Waals surface area contributed by atoms with E-state index in [0.29, 0.717) is 6.54 Å². The maximum Gasteiger partial charge on any atom is 0.240 e. The van der Waals surface area contributed by atoms with Crippen LogP contribution in [0.25, 0.3) is 0 Å². The molecule has 1 aliphatic carbocycles. The van der Waals surface area contributed by atoms with E-state index in [1.54, 1.807) is 0 Å². The molecule has 0 aliphatic heterocycles. The van der Waals surface area contributed by atoms with Gasteiger partial charge in [0.05, 0.1) is 0 Å². The zero-order valence-corrected chi connectivity index (χ0v) is 15.0. The Morgan fingerprint density at radius 1 is 1.12 bits per heavy atom. The predicted molar refractivity (Wildman–Crippen MR) is 98.1 cm³/mol. The molecule has 0 saturated carbocycles. The SMILES string of the molecule is CC(=O)N(CC(=O)NCCC1=CCCCC1)c1cc(C)cc(C)c1. The van der Waals surface area contributed by atoms with Crippen molar-refractivity contribution in [3.8, 4) is 0 Å². The van der Waals surface area contributed by atoms with Gasteiger partial charge in [0.25, 0.3) is 0 Å². The van der Waals surface area contributed by atoms with E-state index in [0.717, 1.165) is 36.1 Å². The summed E-state index contributed by atoms with van der Waals surface area (Å²) in [4.78, 5) is 25.7. The number of anilines is 1. The van der Waals surface area contributed by atoms with Gasteiger partial charge >= 0.3 is 0 Å². The molecule has 1 aromatic rings. The first-order valence-electron chi connectivity index (χ1n) is 8.76. The molecule has 2 rings (SSSR count). The fourth-order valence-electron chi connectivity index (χ4n) is 3.18. The molecular formula is C20H28N2O2. The smallest absolute Gasteiger partial charge is 0.240 e. The number of hydrogen-bond acceptors (Lipinski definition) is 2. The van der Waals surface area contributed by atoms with Gasteiger partial charge in [-0.1, -0.05) is 17.7 Å². The lowest BCUT2D eigenvalue weighted by Crippen LogP contribution is -2.40. The van der Waals surface area contributed by atoms with Crippen LogP contribution in [0.1, 0.15) is 50.2 Å². The van der Waals surface area contributed by atoms with E-state index < -0.39 is 0 Å². The van der Waals surface area contributed by atoms with Crippen LogP contribution in [0.2, 0.25) is 0 Å². The third-order valence-corrected chi connectivity index (χ3v) is 4.35. The summed E-state index contributed by atoms with van der Waals surface area (Å²) in [5.74, 6) is -0.231. The average Bonchev–Trinajstić information content (AvgIpc) is 2.52. The highest BCUT2D eigenvalue weighted by Crippen LogP contribution is 2.20. The third kappa shape index (κ3) is 5.52. The summed E-state index contributed by atoms with van der Waals surface area (Å²) >= 11 is 0. The molecule has 0 spiro atoms. The standard InChI is InChI=1S/C20H28N2O2/c1-15-11-16(2)13-19(12-15)22(17(3)23)14-20(24)21-10-9-18-7-5-4-6-8-18/h7,11-13H,4-6,8-10,14H2,1-3H3,(H,21,24). The minimum Gasteiger partial charge on any atom is -0.354 e. The van der Waals surface area contributed by atoms with E-state index >= 15 is 0 Å². The number of nitrogens with one attached hydrogen (secondary N) is 1. The molecule has 4 nitrogen and oxygen atoms in total. The Hall–Kier alpha value is -2.10. The van der Waals surface area contributed by atoms with Crippen molar-refractivity contribution < 1.29 is 9.59 Å². The summed E-state index contributed by atoms with van der Waals surface area (Å²) in [6, 6.07) is 5.93. The second-order valence-corrected chi connectivity index (χ2v) is 6.66. The van der Waals surface area contributed by atoms with Crippen molar-refractivity contribution in [2.24, 2.45) is 0 Å².